The van der Waals surface area contributed by atoms with Crippen molar-refractivity contribution in [1.82, 2.24) is 0 Å². The van der Waals surface area contributed by atoms with Crippen LogP contribution in [0, 0.1) is 6.92 Å². The van der Waals surface area contributed by atoms with Gasteiger partial charge in [0.25, 0.3) is 0 Å². The third-order valence-corrected chi connectivity index (χ3v) is 2.16. The van der Waals surface area contributed by atoms with Crippen molar-refractivity contribution in [3.63, 3.8) is 0 Å². The van der Waals surface area contributed by atoms with Crippen LogP contribution in [0.15, 0.2) is 29.2 Å². The molecule has 0 fully saturated rings. The molecule has 9 heteroatoms. The number of benzene rings is 1. The molecule has 0 spiro atoms. The van der Waals surface area contributed by atoms with Gasteiger partial charge >= 0.3 is 26.4 Å². The van der Waals surface area contributed by atoms with Gasteiger partial charge in [-0.25, -0.2) is 8.42 Å². The van der Waals surface area contributed by atoms with E-state index in [1.54, 1.807) is 12.1 Å². The summed E-state index contributed by atoms with van der Waals surface area (Å²) in [4.78, 5) is -0.178. The Hall–Kier alpha value is -0.418. The van der Waals surface area contributed by atoms with Gasteiger partial charge in [-0.2, -0.15) is 0 Å². The van der Waals surface area contributed by atoms with E-state index in [1.807, 2.05) is 6.92 Å². The van der Waals surface area contributed by atoms with Gasteiger partial charge in [-0.1, -0.05) is 17.7 Å². The van der Waals surface area contributed by atoms with Gasteiger partial charge < -0.3 is 4.55 Å². The first-order valence-electron chi connectivity index (χ1n) is 3.68. The zero-order valence-electron chi connectivity index (χ0n) is 8.65. The average molecular weight is 246 g/mol. The summed E-state index contributed by atoms with van der Waals surface area (Å²) in [6, 6.07) is 5.78. The SMILES string of the molecule is Cc1ccc(S(=O)(=O)[O-])cc1.FB(F)F.[Li+]. The molecule has 0 heterocycles. The zero-order valence-corrected chi connectivity index (χ0v) is 9.47. The van der Waals surface area contributed by atoms with Crippen molar-refractivity contribution < 1.29 is 44.8 Å². The Morgan fingerprint density at radius 2 is 1.44 bits per heavy atom. The van der Waals surface area contributed by atoms with Crippen LogP contribution >= 0.6 is 0 Å². The number of hydrogen-bond donors (Lipinski definition) is 0. The summed E-state index contributed by atoms with van der Waals surface area (Å²) in [5, 5.41) is 0. The Kier molecular flexibility index (Phi) is 8.75. The van der Waals surface area contributed by atoms with Crippen molar-refractivity contribution >= 4 is 17.7 Å². The number of aryl methyl sites for hydroxylation is 1. The van der Waals surface area contributed by atoms with Crippen molar-refractivity contribution in [3.8, 4) is 0 Å². The normalized spacial score (nSPS) is 9.56. The standard InChI is InChI=1S/C7H8O3S.BF3.Li/c1-6-2-4-7(5-3-6)11(8,9)10;2-1(3)4;/h2-5H,1H3,(H,8,9,10);;/q;;+1/p-1. The summed E-state index contributed by atoms with van der Waals surface area (Å²) in [6.07, 6.45) is 0. The predicted octanol–water partition coefficient (Wildman–Crippen LogP) is -1.22. The summed E-state index contributed by atoms with van der Waals surface area (Å²) in [5.41, 5.74) is 0.928. The van der Waals surface area contributed by atoms with Gasteiger partial charge in [-0.3, -0.25) is 12.9 Å². The molecule has 0 aliphatic rings. The van der Waals surface area contributed by atoms with Crippen LogP contribution in [0.4, 0.5) is 12.9 Å². The Morgan fingerprint density at radius 3 is 1.69 bits per heavy atom. The molecule has 1 aromatic rings. The maximum atomic E-state index is 10.4. The Morgan fingerprint density at radius 1 is 1.12 bits per heavy atom. The number of halogens is 3. The van der Waals surface area contributed by atoms with Crippen LogP contribution in [0.2, 0.25) is 0 Å². The molecule has 1 rings (SSSR count). The minimum Gasteiger partial charge on any atom is -0.744 e. The largest absolute Gasteiger partial charge is 1.00 e. The minimum atomic E-state index is -4.27. The summed E-state index contributed by atoms with van der Waals surface area (Å²) >= 11 is 0. The third kappa shape index (κ3) is 8.86. The fourth-order valence-electron chi connectivity index (χ4n) is 0.705. The number of rotatable bonds is 1. The van der Waals surface area contributed by atoms with Gasteiger partial charge in [0.2, 0.25) is 0 Å². The maximum Gasteiger partial charge on any atom is 1.00 e. The van der Waals surface area contributed by atoms with E-state index in [2.05, 4.69) is 0 Å². The van der Waals surface area contributed by atoms with Crippen LogP contribution in [0.5, 0.6) is 0 Å². The van der Waals surface area contributed by atoms with E-state index in [-0.39, 0.29) is 23.8 Å². The summed E-state index contributed by atoms with van der Waals surface area (Å²) < 4.78 is 60.2. The van der Waals surface area contributed by atoms with Crippen LogP contribution in [-0.2, 0) is 10.1 Å². The van der Waals surface area contributed by atoms with Crippen molar-refractivity contribution in [2.24, 2.45) is 0 Å². The third-order valence-electron chi connectivity index (χ3n) is 1.31. The maximum absolute atomic E-state index is 10.4. The second-order valence-electron chi connectivity index (χ2n) is 2.51. The molecule has 0 saturated heterocycles. The van der Waals surface area contributed by atoms with Gasteiger partial charge in [-0.15, -0.1) is 0 Å². The molecule has 0 N–H and O–H groups in total. The van der Waals surface area contributed by atoms with E-state index in [4.69, 9.17) is 0 Å². The summed E-state index contributed by atoms with van der Waals surface area (Å²) in [6.45, 7) is 1.82. The van der Waals surface area contributed by atoms with E-state index >= 15 is 0 Å². The molecule has 0 unspecified atom stereocenters. The molecule has 0 aliphatic carbocycles. The molecule has 0 aromatic heterocycles. The first-order chi connectivity index (χ1) is 6.73. The molecule has 16 heavy (non-hydrogen) atoms. The predicted molar refractivity (Wildman–Crippen MR) is 48.2 cm³/mol. The van der Waals surface area contributed by atoms with E-state index < -0.39 is 17.7 Å². The van der Waals surface area contributed by atoms with Crippen LogP contribution in [0.25, 0.3) is 0 Å². The Bertz CT molecular complexity index is 393. The van der Waals surface area contributed by atoms with Gasteiger partial charge in [-0.05, 0) is 19.1 Å². The van der Waals surface area contributed by atoms with Crippen molar-refractivity contribution in [2.45, 2.75) is 11.8 Å². The van der Waals surface area contributed by atoms with Gasteiger partial charge in [0.15, 0.2) is 0 Å². The second-order valence-corrected chi connectivity index (χ2v) is 3.89. The molecule has 84 valence electrons. The summed E-state index contributed by atoms with van der Waals surface area (Å²) in [7, 11) is -7.94. The number of hydrogen-bond acceptors (Lipinski definition) is 3. The molecule has 3 nitrogen and oxygen atoms in total. The summed E-state index contributed by atoms with van der Waals surface area (Å²) in [5.74, 6) is 0. The quantitative estimate of drug-likeness (QED) is 0.461. The molecule has 0 radical (unpaired) electrons. The van der Waals surface area contributed by atoms with Crippen LogP contribution in [0.1, 0.15) is 5.56 Å². The van der Waals surface area contributed by atoms with E-state index in [0.717, 1.165) is 5.56 Å². The van der Waals surface area contributed by atoms with E-state index in [0.29, 0.717) is 0 Å². The first kappa shape index (κ1) is 18.0. The van der Waals surface area contributed by atoms with Gasteiger partial charge in [0.05, 0.1) is 4.90 Å². The Balaban J connectivity index is 0. The molecule has 0 atom stereocenters. The minimum absolute atomic E-state index is 0. The second kappa shape index (κ2) is 7.79. The van der Waals surface area contributed by atoms with Crippen molar-refractivity contribution in [1.29, 1.82) is 0 Å². The Labute approximate surface area is 104 Å². The first-order valence-corrected chi connectivity index (χ1v) is 5.09. The fourth-order valence-corrected chi connectivity index (χ4v) is 1.17. The molecule has 0 saturated carbocycles. The van der Waals surface area contributed by atoms with Gasteiger partial charge in [0, 0.05) is 0 Å². The van der Waals surface area contributed by atoms with Crippen molar-refractivity contribution in [3.05, 3.63) is 29.8 Å². The molecular weight excluding hydrogens is 239 g/mol. The van der Waals surface area contributed by atoms with Crippen LogP contribution in [0.3, 0.4) is 0 Å². The molecular formula is C7H7BF3LiO3S. The molecule has 1 aromatic carbocycles. The van der Waals surface area contributed by atoms with Gasteiger partial charge in [0.1, 0.15) is 10.1 Å². The van der Waals surface area contributed by atoms with Crippen LogP contribution < -0.4 is 18.9 Å². The molecule has 0 bridgehead atoms. The van der Waals surface area contributed by atoms with E-state index in [9.17, 15) is 25.9 Å². The fraction of sp³-hybridized carbons (Fsp3) is 0.143. The monoisotopic (exact) mass is 246 g/mol. The van der Waals surface area contributed by atoms with Crippen LogP contribution in [-0.4, -0.2) is 20.5 Å². The van der Waals surface area contributed by atoms with E-state index in [1.165, 1.54) is 12.1 Å². The smallest absolute Gasteiger partial charge is 0.744 e. The zero-order chi connectivity index (χ0) is 12.1. The van der Waals surface area contributed by atoms with Crippen molar-refractivity contribution in [2.75, 3.05) is 0 Å². The molecule has 0 aliphatic heterocycles. The average Bonchev–Trinajstić information content (AvgIpc) is 2.01. The molecule has 0 amide bonds. The topological polar surface area (TPSA) is 57.2 Å².